The molecule has 0 fully saturated rings. The first-order valence-electron chi connectivity index (χ1n) is 4.89. The molecule has 1 heterocycles. The van der Waals surface area contributed by atoms with Crippen molar-refractivity contribution >= 4 is 31.9 Å². The highest BCUT2D eigenvalue weighted by molar-refractivity contribution is 9.10. The zero-order chi connectivity index (χ0) is 12.4. The van der Waals surface area contributed by atoms with E-state index < -0.39 is 11.6 Å². The van der Waals surface area contributed by atoms with Gasteiger partial charge in [0.05, 0.1) is 6.26 Å². The summed E-state index contributed by atoms with van der Waals surface area (Å²) in [5, 5.41) is 0. The van der Waals surface area contributed by atoms with E-state index in [0.717, 1.165) is 11.6 Å². The van der Waals surface area contributed by atoms with Gasteiger partial charge >= 0.3 is 0 Å². The average Bonchev–Trinajstić information content (AvgIpc) is 2.68. The van der Waals surface area contributed by atoms with E-state index in [4.69, 9.17) is 4.42 Å². The number of rotatable bonds is 3. The molecule has 17 heavy (non-hydrogen) atoms. The standard InChI is InChI=1S/C12H8Br2F2O/c13-10(9-3-4-17-12(9)14)5-7-1-2-8(15)6-11(7)16/h1-4,6,10H,5H2. The van der Waals surface area contributed by atoms with Crippen molar-refractivity contribution < 1.29 is 13.2 Å². The summed E-state index contributed by atoms with van der Waals surface area (Å²) >= 11 is 6.71. The van der Waals surface area contributed by atoms with Crippen LogP contribution in [0, 0.1) is 11.6 Å². The predicted molar refractivity (Wildman–Crippen MR) is 68.1 cm³/mol. The highest BCUT2D eigenvalue weighted by atomic mass is 79.9. The minimum atomic E-state index is -0.568. The summed E-state index contributed by atoms with van der Waals surface area (Å²) in [6.07, 6.45) is 1.97. The maximum atomic E-state index is 13.5. The zero-order valence-electron chi connectivity index (χ0n) is 8.59. The first-order valence-corrected chi connectivity index (χ1v) is 6.59. The van der Waals surface area contributed by atoms with Crippen LogP contribution in [0.15, 0.2) is 39.6 Å². The SMILES string of the molecule is Fc1ccc(CC(Br)c2ccoc2Br)c(F)c1. The molecule has 5 heteroatoms. The number of furan rings is 1. The molecule has 2 rings (SSSR count). The maximum absolute atomic E-state index is 13.5. The Morgan fingerprint density at radius 2 is 2.00 bits per heavy atom. The Balaban J connectivity index is 2.19. The molecule has 0 aliphatic carbocycles. The predicted octanol–water partition coefficient (Wildman–Crippen LogP) is 5.00. The first kappa shape index (κ1) is 12.8. The van der Waals surface area contributed by atoms with E-state index >= 15 is 0 Å². The van der Waals surface area contributed by atoms with E-state index in [0.29, 0.717) is 16.7 Å². The quantitative estimate of drug-likeness (QED) is 0.697. The van der Waals surface area contributed by atoms with Gasteiger partial charge in [-0.05, 0) is 40.0 Å². The van der Waals surface area contributed by atoms with Gasteiger partial charge in [-0.2, -0.15) is 0 Å². The van der Waals surface area contributed by atoms with Crippen molar-refractivity contribution in [2.45, 2.75) is 11.2 Å². The molecular formula is C12H8Br2F2O. The Hall–Kier alpha value is -0.680. The molecule has 90 valence electrons. The summed E-state index contributed by atoms with van der Waals surface area (Å²) in [4.78, 5) is -0.0874. The molecule has 0 N–H and O–H groups in total. The van der Waals surface area contributed by atoms with E-state index in [1.165, 1.54) is 12.1 Å². The minimum absolute atomic E-state index is 0.0874. The Kier molecular flexibility index (Phi) is 3.99. The molecule has 0 spiro atoms. The van der Waals surface area contributed by atoms with E-state index in [1.54, 1.807) is 12.3 Å². The minimum Gasteiger partial charge on any atom is -0.457 e. The molecule has 0 aliphatic heterocycles. The summed E-state index contributed by atoms with van der Waals surface area (Å²) < 4.78 is 31.9. The lowest BCUT2D eigenvalue weighted by molar-refractivity contribution is 0.535. The number of hydrogen-bond donors (Lipinski definition) is 0. The van der Waals surface area contributed by atoms with Crippen molar-refractivity contribution in [3.63, 3.8) is 0 Å². The zero-order valence-corrected chi connectivity index (χ0v) is 11.8. The van der Waals surface area contributed by atoms with Crippen molar-refractivity contribution in [2.75, 3.05) is 0 Å². The van der Waals surface area contributed by atoms with Crippen LogP contribution in [-0.4, -0.2) is 0 Å². The number of hydrogen-bond acceptors (Lipinski definition) is 1. The Labute approximate surface area is 114 Å². The second-order valence-electron chi connectivity index (χ2n) is 3.56. The fraction of sp³-hybridized carbons (Fsp3) is 0.167. The van der Waals surface area contributed by atoms with Crippen molar-refractivity contribution in [1.29, 1.82) is 0 Å². The highest BCUT2D eigenvalue weighted by Gasteiger charge is 2.16. The third kappa shape index (κ3) is 2.96. The normalized spacial score (nSPS) is 12.7. The Morgan fingerprint density at radius 1 is 1.24 bits per heavy atom. The fourth-order valence-corrected chi connectivity index (χ4v) is 3.05. The van der Waals surface area contributed by atoms with Gasteiger partial charge in [0.25, 0.3) is 0 Å². The molecule has 0 saturated carbocycles. The van der Waals surface area contributed by atoms with Gasteiger partial charge in [-0.25, -0.2) is 8.78 Å². The van der Waals surface area contributed by atoms with Gasteiger partial charge in [-0.3, -0.25) is 0 Å². The largest absolute Gasteiger partial charge is 0.457 e. The summed E-state index contributed by atoms with van der Waals surface area (Å²) in [5.74, 6) is -1.10. The fourth-order valence-electron chi connectivity index (χ4n) is 1.52. The molecule has 2 aromatic rings. The third-order valence-corrected chi connectivity index (χ3v) is 3.86. The van der Waals surface area contributed by atoms with Crippen LogP contribution in [0.2, 0.25) is 0 Å². The van der Waals surface area contributed by atoms with Crippen LogP contribution >= 0.6 is 31.9 Å². The van der Waals surface area contributed by atoms with Crippen LogP contribution in [-0.2, 0) is 6.42 Å². The molecule has 1 atom stereocenters. The van der Waals surface area contributed by atoms with Crippen LogP contribution < -0.4 is 0 Å². The van der Waals surface area contributed by atoms with Crippen LogP contribution in [0.25, 0.3) is 0 Å². The summed E-state index contributed by atoms with van der Waals surface area (Å²) in [7, 11) is 0. The van der Waals surface area contributed by atoms with E-state index in [1.807, 2.05) is 0 Å². The van der Waals surface area contributed by atoms with Crippen molar-refractivity contribution in [3.8, 4) is 0 Å². The van der Waals surface area contributed by atoms with Crippen molar-refractivity contribution in [1.82, 2.24) is 0 Å². The van der Waals surface area contributed by atoms with Gasteiger partial charge in [0, 0.05) is 16.5 Å². The van der Waals surface area contributed by atoms with Crippen LogP contribution in [0.5, 0.6) is 0 Å². The Morgan fingerprint density at radius 3 is 2.59 bits per heavy atom. The Bertz CT molecular complexity index is 525. The van der Waals surface area contributed by atoms with E-state index in [9.17, 15) is 8.78 Å². The average molecular weight is 366 g/mol. The molecule has 0 bridgehead atoms. The summed E-state index contributed by atoms with van der Waals surface area (Å²) in [5.41, 5.74) is 1.36. The topological polar surface area (TPSA) is 13.1 Å². The van der Waals surface area contributed by atoms with Crippen LogP contribution in [0.1, 0.15) is 16.0 Å². The first-order chi connectivity index (χ1) is 8.08. The second-order valence-corrected chi connectivity index (χ2v) is 5.38. The summed E-state index contributed by atoms with van der Waals surface area (Å²) in [6, 6.07) is 5.39. The van der Waals surface area contributed by atoms with Gasteiger partial charge in [0.15, 0.2) is 4.67 Å². The highest BCUT2D eigenvalue weighted by Crippen LogP contribution is 2.33. The smallest absolute Gasteiger partial charge is 0.173 e. The molecule has 1 aromatic carbocycles. The van der Waals surface area contributed by atoms with Gasteiger partial charge < -0.3 is 4.42 Å². The van der Waals surface area contributed by atoms with Crippen LogP contribution in [0.3, 0.4) is 0 Å². The van der Waals surface area contributed by atoms with Gasteiger partial charge in [0.1, 0.15) is 11.6 Å². The molecule has 1 nitrogen and oxygen atoms in total. The van der Waals surface area contributed by atoms with Gasteiger partial charge in [-0.15, -0.1) is 0 Å². The molecule has 0 aliphatic rings. The monoisotopic (exact) mass is 364 g/mol. The number of benzene rings is 1. The van der Waals surface area contributed by atoms with Crippen molar-refractivity contribution in [2.24, 2.45) is 0 Å². The third-order valence-electron chi connectivity index (χ3n) is 2.40. The molecule has 0 amide bonds. The van der Waals surface area contributed by atoms with Crippen molar-refractivity contribution in [3.05, 3.63) is 58.0 Å². The summed E-state index contributed by atoms with van der Waals surface area (Å²) in [6.45, 7) is 0. The molecule has 0 radical (unpaired) electrons. The van der Waals surface area contributed by atoms with E-state index in [-0.39, 0.29) is 4.83 Å². The molecular weight excluding hydrogens is 358 g/mol. The molecule has 1 aromatic heterocycles. The molecule has 1 unspecified atom stereocenters. The lowest BCUT2D eigenvalue weighted by Gasteiger charge is -2.09. The lowest BCUT2D eigenvalue weighted by atomic mass is 10.1. The maximum Gasteiger partial charge on any atom is 0.173 e. The lowest BCUT2D eigenvalue weighted by Crippen LogP contribution is -1.98. The number of alkyl halides is 1. The number of halogens is 4. The molecule has 0 saturated heterocycles. The van der Waals surface area contributed by atoms with Gasteiger partial charge in [0.2, 0.25) is 0 Å². The van der Waals surface area contributed by atoms with Gasteiger partial charge in [-0.1, -0.05) is 22.0 Å². The van der Waals surface area contributed by atoms with E-state index in [2.05, 4.69) is 31.9 Å². The van der Waals surface area contributed by atoms with Crippen LogP contribution in [0.4, 0.5) is 8.78 Å². The second kappa shape index (κ2) is 5.31.